The summed E-state index contributed by atoms with van der Waals surface area (Å²) in [5.41, 5.74) is 0.376. The van der Waals surface area contributed by atoms with Crippen molar-refractivity contribution in [1.29, 1.82) is 0 Å². The van der Waals surface area contributed by atoms with Crippen molar-refractivity contribution in [3.63, 3.8) is 0 Å². The van der Waals surface area contributed by atoms with Gasteiger partial charge < -0.3 is 0 Å². The Bertz CT molecular complexity index is 170. The molecular formula is C6H8N2O. The van der Waals surface area contributed by atoms with Crippen LogP contribution < -0.4 is 0 Å². The number of amides is 1. The Morgan fingerprint density at radius 1 is 1.67 bits per heavy atom. The van der Waals surface area contributed by atoms with Crippen molar-refractivity contribution >= 4 is 5.91 Å². The fraction of sp³-hybridized carbons (Fsp3) is 0.167. The van der Waals surface area contributed by atoms with Crippen LogP contribution in [0.3, 0.4) is 0 Å². The minimum Gasteiger partial charge on any atom is -0.265 e. The maximum Gasteiger partial charge on any atom is 0.290 e. The summed E-state index contributed by atoms with van der Waals surface area (Å²) in [6.45, 7) is 8.19. The summed E-state index contributed by atoms with van der Waals surface area (Å²) in [6.07, 6.45) is 1.20. The van der Waals surface area contributed by atoms with Gasteiger partial charge in [-0.15, -0.1) is 5.11 Å². The topological polar surface area (TPSA) is 41.8 Å². The summed E-state index contributed by atoms with van der Waals surface area (Å²) in [6, 6.07) is 0. The molecule has 0 aromatic carbocycles. The van der Waals surface area contributed by atoms with Crippen LogP contribution in [0.15, 0.2) is 35.2 Å². The SMILES string of the molecule is C=CN=NC(=O)C(=C)C. The van der Waals surface area contributed by atoms with Crippen molar-refractivity contribution in [3.05, 3.63) is 24.9 Å². The molecule has 0 aliphatic heterocycles. The molecule has 0 radical (unpaired) electrons. The summed E-state index contributed by atoms with van der Waals surface area (Å²) in [7, 11) is 0. The molecule has 0 heterocycles. The van der Waals surface area contributed by atoms with Gasteiger partial charge in [0.2, 0.25) is 0 Å². The van der Waals surface area contributed by atoms with Crippen molar-refractivity contribution < 1.29 is 4.79 Å². The van der Waals surface area contributed by atoms with Crippen LogP contribution in [0.2, 0.25) is 0 Å². The van der Waals surface area contributed by atoms with E-state index in [0.29, 0.717) is 5.57 Å². The van der Waals surface area contributed by atoms with Crippen LogP contribution >= 0.6 is 0 Å². The van der Waals surface area contributed by atoms with Gasteiger partial charge in [0.15, 0.2) is 0 Å². The van der Waals surface area contributed by atoms with Gasteiger partial charge in [-0.2, -0.15) is 5.11 Å². The summed E-state index contributed by atoms with van der Waals surface area (Å²) in [4.78, 5) is 10.5. The molecule has 3 heteroatoms. The molecule has 1 amide bonds. The second-order valence-electron chi connectivity index (χ2n) is 1.48. The molecule has 0 N–H and O–H groups in total. The number of nitrogens with zero attached hydrogens (tertiary/aromatic N) is 2. The molecular weight excluding hydrogens is 116 g/mol. The zero-order valence-corrected chi connectivity index (χ0v) is 5.29. The summed E-state index contributed by atoms with van der Waals surface area (Å²) < 4.78 is 0. The zero-order chi connectivity index (χ0) is 7.28. The Hall–Kier alpha value is -1.25. The van der Waals surface area contributed by atoms with Crippen LogP contribution in [0.4, 0.5) is 0 Å². The van der Waals surface area contributed by atoms with Gasteiger partial charge in [0.25, 0.3) is 5.91 Å². The second-order valence-corrected chi connectivity index (χ2v) is 1.48. The van der Waals surface area contributed by atoms with Gasteiger partial charge in [-0.3, -0.25) is 4.79 Å². The van der Waals surface area contributed by atoms with E-state index in [4.69, 9.17) is 0 Å². The molecule has 0 spiro atoms. The van der Waals surface area contributed by atoms with Crippen molar-refractivity contribution in [2.45, 2.75) is 6.92 Å². The van der Waals surface area contributed by atoms with E-state index >= 15 is 0 Å². The van der Waals surface area contributed by atoms with E-state index in [1.165, 1.54) is 6.20 Å². The Morgan fingerprint density at radius 3 is 2.56 bits per heavy atom. The average Bonchev–Trinajstić information content (AvgIpc) is 1.82. The molecule has 0 aliphatic rings. The highest BCUT2D eigenvalue weighted by molar-refractivity contribution is 5.92. The molecule has 0 fully saturated rings. The predicted octanol–water partition coefficient (Wildman–Crippen LogP) is 1.68. The number of carbonyl (C=O) groups excluding carboxylic acids is 1. The lowest BCUT2D eigenvalue weighted by Gasteiger charge is -1.83. The van der Waals surface area contributed by atoms with Gasteiger partial charge in [-0.05, 0) is 6.92 Å². The molecule has 48 valence electrons. The largest absolute Gasteiger partial charge is 0.290 e. The maximum atomic E-state index is 10.5. The first-order valence-electron chi connectivity index (χ1n) is 2.40. The fourth-order valence-corrected chi connectivity index (χ4v) is 0.179. The van der Waals surface area contributed by atoms with Crippen molar-refractivity contribution in [2.24, 2.45) is 10.2 Å². The third-order valence-corrected chi connectivity index (χ3v) is 0.595. The van der Waals surface area contributed by atoms with Gasteiger partial charge >= 0.3 is 0 Å². The zero-order valence-electron chi connectivity index (χ0n) is 5.29. The number of hydrogen-bond donors (Lipinski definition) is 0. The van der Waals surface area contributed by atoms with Gasteiger partial charge in [-0.25, -0.2) is 0 Å². The third-order valence-electron chi connectivity index (χ3n) is 0.595. The first kappa shape index (κ1) is 7.75. The van der Waals surface area contributed by atoms with E-state index in [1.54, 1.807) is 6.92 Å². The second kappa shape index (κ2) is 3.72. The summed E-state index contributed by atoms with van der Waals surface area (Å²) >= 11 is 0. The normalized spacial score (nSPS) is 9.44. The first-order valence-corrected chi connectivity index (χ1v) is 2.40. The predicted molar refractivity (Wildman–Crippen MR) is 34.9 cm³/mol. The number of hydrogen-bond acceptors (Lipinski definition) is 2. The van der Waals surface area contributed by atoms with Crippen LogP contribution in [0.5, 0.6) is 0 Å². The van der Waals surface area contributed by atoms with E-state index < -0.39 is 5.91 Å². The van der Waals surface area contributed by atoms with E-state index in [0.717, 1.165) is 0 Å². The Balaban J connectivity index is 3.92. The number of azo groups is 1. The Labute approximate surface area is 53.8 Å². The average molecular weight is 124 g/mol. The standard InChI is InChI=1S/C6H8N2O/c1-4-7-8-6(9)5(2)3/h4H,1-2H2,3H3. The van der Waals surface area contributed by atoms with Crippen LogP contribution in [-0.4, -0.2) is 5.91 Å². The molecule has 0 saturated carbocycles. The first-order chi connectivity index (χ1) is 4.18. The molecule has 3 nitrogen and oxygen atoms in total. The molecule has 0 rings (SSSR count). The number of carbonyl (C=O) groups is 1. The number of rotatable bonds is 2. The molecule has 0 unspecified atom stereocenters. The van der Waals surface area contributed by atoms with Gasteiger partial charge in [0.05, 0.1) is 0 Å². The monoisotopic (exact) mass is 124 g/mol. The van der Waals surface area contributed by atoms with Crippen LogP contribution in [0, 0.1) is 0 Å². The maximum absolute atomic E-state index is 10.5. The summed E-state index contributed by atoms with van der Waals surface area (Å²) in [5.74, 6) is -0.408. The lowest BCUT2D eigenvalue weighted by molar-refractivity contribution is -0.114. The van der Waals surface area contributed by atoms with Crippen molar-refractivity contribution in [1.82, 2.24) is 0 Å². The Morgan fingerprint density at radius 2 is 2.22 bits per heavy atom. The van der Waals surface area contributed by atoms with Gasteiger partial charge in [0.1, 0.15) is 0 Å². The van der Waals surface area contributed by atoms with E-state index in [-0.39, 0.29) is 0 Å². The highest BCUT2D eigenvalue weighted by Gasteiger charge is 1.95. The van der Waals surface area contributed by atoms with Crippen LogP contribution in [0.25, 0.3) is 0 Å². The van der Waals surface area contributed by atoms with E-state index in [9.17, 15) is 4.79 Å². The Kier molecular flexibility index (Phi) is 3.20. The van der Waals surface area contributed by atoms with Crippen molar-refractivity contribution in [3.8, 4) is 0 Å². The minimum absolute atomic E-state index is 0.376. The summed E-state index contributed by atoms with van der Waals surface area (Å²) in [5, 5.41) is 6.48. The molecule has 9 heavy (non-hydrogen) atoms. The molecule has 0 aliphatic carbocycles. The van der Waals surface area contributed by atoms with Gasteiger partial charge in [0, 0.05) is 11.8 Å². The molecule has 0 atom stereocenters. The van der Waals surface area contributed by atoms with E-state index in [1.807, 2.05) is 0 Å². The fourth-order valence-electron chi connectivity index (χ4n) is 0.179. The molecule has 0 aromatic rings. The molecule has 0 aromatic heterocycles. The lowest BCUT2D eigenvalue weighted by atomic mass is 10.3. The van der Waals surface area contributed by atoms with Crippen LogP contribution in [0.1, 0.15) is 6.92 Å². The smallest absolute Gasteiger partial charge is 0.265 e. The van der Waals surface area contributed by atoms with Gasteiger partial charge in [-0.1, -0.05) is 13.2 Å². The van der Waals surface area contributed by atoms with Crippen LogP contribution in [-0.2, 0) is 4.79 Å². The molecule has 0 bridgehead atoms. The quantitative estimate of drug-likeness (QED) is 0.408. The third kappa shape index (κ3) is 3.34. The van der Waals surface area contributed by atoms with E-state index in [2.05, 4.69) is 23.4 Å². The minimum atomic E-state index is -0.408. The lowest BCUT2D eigenvalue weighted by Crippen LogP contribution is -1.89. The highest BCUT2D eigenvalue weighted by atomic mass is 16.1. The highest BCUT2D eigenvalue weighted by Crippen LogP contribution is 1.90. The van der Waals surface area contributed by atoms with Crippen molar-refractivity contribution in [2.75, 3.05) is 0 Å². The molecule has 0 saturated heterocycles.